The van der Waals surface area contributed by atoms with Crippen LogP contribution in [0.5, 0.6) is 0 Å². The number of fused-ring (bicyclic) bond motifs is 1. The summed E-state index contributed by atoms with van der Waals surface area (Å²) in [5.41, 5.74) is 7.25. The fourth-order valence-electron chi connectivity index (χ4n) is 3.20. The number of carbonyl (C=O) groups is 2. The van der Waals surface area contributed by atoms with Crippen molar-refractivity contribution in [1.29, 1.82) is 5.26 Å². The van der Waals surface area contributed by atoms with Crippen LogP contribution in [0.3, 0.4) is 0 Å². The minimum atomic E-state index is -0.407. The van der Waals surface area contributed by atoms with Crippen molar-refractivity contribution in [2.75, 3.05) is 22.6 Å². The van der Waals surface area contributed by atoms with Crippen LogP contribution < -0.4 is 16.0 Å². The van der Waals surface area contributed by atoms with E-state index in [9.17, 15) is 9.59 Å². The van der Waals surface area contributed by atoms with Crippen molar-refractivity contribution in [2.24, 2.45) is 11.8 Å². The number of cyclic esters (lactones) is 1. The smallest absolute Gasteiger partial charge is 0.414 e. The molecule has 1 aromatic heterocycles. The number of pyridine rings is 1. The van der Waals surface area contributed by atoms with Gasteiger partial charge >= 0.3 is 6.09 Å². The molecule has 2 aliphatic rings. The van der Waals surface area contributed by atoms with Crippen molar-refractivity contribution >= 4 is 40.0 Å². The van der Waals surface area contributed by atoms with E-state index < -0.39 is 6.09 Å². The molecule has 3 atom stereocenters. The fourth-order valence-corrected chi connectivity index (χ4v) is 3.20. The number of benzene rings is 1. The Bertz CT molecular complexity index is 967. The van der Waals surface area contributed by atoms with Gasteiger partial charge in [-0.15, -0.1) is 0 Å². The quantitative estimate of drug-likeness (QED) is 0.818. The molecule has 1 aliphatic heterocycles. The van der Waals surface area contributed by atoms with Crippen molar-refractivity contribution in [3.8, 4) is 6.07 Å². The fraction of sp³-hybridized carbons (Fsp3) is 0.333. The highest BCUT2D eigenvalue weighted by Gasteiger charge is 2.43. The largest absolute Gasteiger partial charge is 0.447 e. The summed E-state index contributed by atoms with van der Waals surface area (Å²) in [5.74, 6) is -0.293. The molecular formula is C18H17N5O3. The maximum absolute atomic E-state index is 12.1. The number of anilines is 3. The zero-order chi connectivity index (χ0) is 18.4. The molecule has 1 aliphatic carbocycles. The van der Waals surface area contributed by atoms with Gasteiger partial charge in [-0.05, 0) is 36.9 Å². The third-order valence-corrected chi connectivity index (χ3v) is 4.76. The number of nitrogens with one attached hydrogen (secondary N) is 1. The number of rotatable bonds is 3. The lowest BCUT2D eigenvalue weighted by Crippen LogP contribution is -2.30. The van der Waals surface area contributed by atoms with Gasteiger partial charge in [-0.25, -0.2) is 9.78 Å². The predicted octanol–water partition coefficient (Wildman–Crippen LogP) is 2.26. The van der Waals surface area contributed by atoms with E-state index in [4.69, 9.17) is 15.7 Å². The van der Waals surface area contributed by atoms with Crippen LogP contribution in [-0.4, -0.2) is 29.6 Å². The van der Waals surface area contributed by atoms with E-state index in [0.717, 1.165) is 10.8 Å². The van der Waals surface area contributed by atoms with Crippen molar-refractivity contribution in [2.45, 2.75) is 19.4 Å². The van der Waals surface area contributed by atoms with Gasteiger partial charge in [0.25, 0.3) is 0 Å². The number of hydrogen-bond acceptors (Lipinski definition) is 6. The predicted molar refractivity (Wildman–Crippen MR) is 95.3 cm³/mol. The molecule has 1 saturated carbocycles. The summed E-state index contributed by atoms with van der Waals surface area (Å²) in [4.78, 5) is 29.8. The SMILES string of the molecule is C[C@@H]1COC(=O)N1c1cc(N)c2cnc(NC(=O)C3CC3C#N)cc2c1. The molecule has 132 valence electrons. The normalized spacial score (nSPS) is 24.2. The molecule has 26 heavy (non-hydrogen) atoms. The molecule has 3 N–H and O–H groups in total. The van der Waals surface area contributed by atoms with Gasteiger partial charge in [0.05, 0.1) is 29.6 Å². The number of carbonyl (C=O) groups excluding carboxylic acids is 2. The molecule has 1 saturated heterocycles. The van der Waals surface area contributed by atoms with Gasteiger partial charge in [0.2, 0.25) is 5.91 Å². The second-order valence-corrected chi connectivity index (χ2v) is 6.69. The molecule has 1 aromatic carbocycles. The number of nitrogens with zero attached hydrogens (tertiary/aromatic N) is 3. The van der Waals surface area contributed by atoms with Crippen LogP contribution in [0.2, 0.25) is 0 Å². The molecule has 8 heteroatoms. The Kier molecular flexibility index (Phi) is 3.65. The summed E-state index contributed by atoms with van der Waals surface area (Å²) in [6.07, 6.45) is 1.77. The van der Waals surface area contributed by atoms with E-state index in [1.807, 2.05) is 13.0 Å². The lowest BCUT2D eigenvalue weighted by atomic mass is 10.1. The first kappa shape index (κ1) is 16.1. The van der Waals surface area contributed by atoms with Gasteiger partial charge < -0.3 is 15.8 Å². The molecule has 8 nitrogen and oxygen atoms in total. The lowest BCUT2D eigenvalue weighted by Gasteiger charge is -2.19. The average Bonchev–Trinajstić information content (AvgIpc) is 3.33. The second kappa shape index (κ2) is 5.88. The highest BCUT2D eigenvalue weighted by molar-refractivity contribution is 6.02. The van der Waals surface area contributed by atoms with Crippen LogP contribution in [0.15, 0.2) is 24.4 Å². The van der Waals surface area contributed by atoms with Crippen LogP contribution in [-0.2, 0) is 9.53 Å². The van der Waals surface area contributed by atoms with Crippen LogP contribution in [0.4, 0.5) is 22.0 Å². The van der Waals surface area contributed by atoms with E-state index in [1.165, 1.54) is 0 Å². The summed E-state index contributed by atoms with van der Waals surface area (Å²) >= 11 is 0. The van der Waals surface area contributed by atoms with E-state index in [-0.39, 0.29) is 23.8 Å². The molecular weight excluding hydrogens is 334 g/mol. The van der Waals surface area contributed by atoms with Crippen molar-refractivity contribution < 1.29 is 14.3 Å². The van der Waals surface area contributed by atoms with Crippen molar-refractivity contribution in [3.63, 3.8) is 0 Å². The summed E-state index contributed by atoms with van der Waals surface area (Å²) in [6, 6.07) is 7.25. The number of nitrogen functional groups attached to an aromatic ring is 1. The Morgan fingerprint density at radius 3 is 2.92 bits per heavy atom. The Balaban J connectivity index is 1.65. The number of ether oxygens (including phenoxy) is 1. The van der Waals surface area contributed by atoms with Crippen LogP contribution in [0.25, 0.3) is 10.8 Å². The van der Waals surface area contributed by atoms with Gasteiger partial charge in [-0.3, -0.25) is 9.69 Å². The monoisotopic (exact) mass is 351 g/mol. The Labute approximate surface area is 149 Å². The highest BCUT2D eigenvalue weighted by atomic mass is 16.6. The van der Waals surface area contributed by atoms with Crippen molar-refractivity contribution in [3.05, 3.63) is 24.4 Å². The molecule has 2 aromatic rings. The van der Waals surface area contributed by atoms with Crippen LogP contribution >= 0.6 is 0 Å². The minimum Gasteiger partial charge on any atom is -0.447 e. The Hall–Kier alpha value is -3.34. The van der Waals surface area contributed by atoms with Gasteiger partial charge in [0.15, 0.2) is 0 Å². The van der Waals surface area contributed by atoms with E-state index >= 15 is 0 Å². The molecule has 0 spiro atoms. The topological polar surface area (TPSA) is 121 Å². The number of nitrogens with two attached hydrogens (primary N) is 1. The van der Waals surface area contributed by atoms with Crippen LogP contribution in [0.1, 0.15) is 13.3 Å². The van der Waals surface area contributed by atoms with E-state index in [0.29, 0.717) is 30.2 Å². The molecule has 2 unspecified atom stereocenters. The lowest BCUT2D eigenvalue weighted by molar-refractivity contribution is -0.117. The Morgan fingerprint density at radius 1 is 1.46 bits per heavy atom. The molecule has 2 heterocycles. The maximum Gasteiger partial charge on any atom is 0.414 e. The Morgan fingerprint density at radius 2 is 2.27 bits per heavy atom. The standard InChI is InChI=1S/C18H17N5O3/c1-9-8-26-18(25)23(9)12-2-10-4-16(21-7-14(10)15(20)5-12)22-17(24)13-3-11(13)6-19/h2,4-5,7,9,11,13H,3,8,20H2,1H3,(H,21,22,24)/t9-,11?,13?/m1/s1. The number of aromatic nitrogens is 1. The average molecular weight is 351 g/mol. The zero-order valence-corrected chi connectivity index (χ0v) is 14.1. The molecule has 0 bridgehead atoms. The van der Waals surface area contributed by atoms with Crippen LogP contribution in [0, 0.1) is 23.2 Å². The summed E-state index contributed by atoms with van der Waals surface area (Å²) in [6.45, 7) is 2.22. The molecule has 0 radical (unpaired) electrons. The zero-order valence-electron chi connectivity index (χ0n) is 14.1. The summed E-state index contributed by atoms with van der Waals surface area (Å²) < 4.78 is 5.06. The molecule has 4 rings (SSSR count). The van der Waals surface area contributed by atoms with Gasteiger partial charge in [-0.1, -0.05) is 0 Å². The molecule has 2 amide bonds. The first-order chi connectivity index (χ1) is 12.5. The first-order valence-electron chi connectivity index (χ1n) is 8.33. The van der Waals surface area contributed by atoms with Gasteiger partial charge in [-0.2, -0.15) is 5.26 Å². The summed E-state index contributed by atoms with van der Waals surface area (Å²) in [7, 11) is 0. The van der Waals surface area contributed by atoms with Gasteiger partial charge in [0.1, 0.15) is 12.4 Å². The maximum atomic E-state index is 12.1. The van der Waals surface area contributed by atoms with E-state index in [1.54, 1.807) is 23.2 Å². The minimum absolute atomic E-state index is 0.0851. The van der Waals surface area contributed by atoms with Gasteiger partial charge in [0, 0.05) is 17.3 Å². The third kappa shape index (κ3) is 2.67. The van der Waals surface area contributed by atoms with E-state index in [2.05, 4.69) is 16.4 Å². The third-order valence-electron chi connectivity index (χ3n) is 4.76. The number of nitriles is 1. The second-order valence-electron chi connectivity index (χ2n) is 6.69. The molecule has 2 fully saturated rings. The summed E-state index contributed by atoms with van der Waals surface area (Å²) in [5, 5.41) is 13.1. The number of hydrogen-bond donors (Lipinski definition) is 2. The van der Waals surface area contributed by atoms with Crippen molar-refractivity contribution in [1.82, 2.24) is 4.98 Å². The first-order valence-corrected chi connectivity index (χ1v) is 8.33. The number of amides is 2. The highest BCUT2D eigenvalue weighted by Crippen LogP contribution is 2.38.